The number of hydrogen-bond acceptors (Lipinski definition) is 5. The van der Waals surface area contributed by atoms with Crippen molar-refractivity contribution >= 4 is 46.2 Å². The largest absolute Gasteiger partial charge is 0.322 e. The van der Waals surface area contributed by atoms with Crippen LogP contribution in [-0.4, -0.2) is 14.8 Å². The molecule has 2 heterocycles. The molecule has 2 aromatic heterocycles. The monoisotopic (exact) mass is 383 g/mol. The van der Waals surface area contributed by atoms with Crippen LogP contribution >= 0.6 is 35.3 Å². The molecule has 0 fully saturated rings. The molecule has 0 saturated carbocycles. The second-order valence-electron chi connectivity index (χ2n) is 5.37. The lowest BCUT2D eigenvalue weighted by molar-refractivity contribution is 0.829. The first-order valence-electron chi connectivity index (χ1n) is 7.60. The van der Waals surface area contributed by atoms with Gasteiger partial charge in [0.1, 0.15) is 0 Å². The van der Waals surface area contributed by atoms with Crippen LogP contribution in [0.1, 0.15) is 5.56 Å². The summed E-state index contributed by atoms with van der Waals surface area (Å²) in [6.45, 7) is 0. The molecule has 4 rings (SSSR count). The Labute approximate surface area is 157 Å². The molecule has 0 bridgehead atoms. The molecule has 0 atom stereocenters. The minimum Gasteiger partial charge on any atom is -0.322 e. The molecule has 1 N–H and O–H groups in total. The Hall–Kier alpha value is -2.22. The second kappa shape index (κ2) is 6.95. The van der Waals surface area contributed by atoms with E-state index in [2.05, 4.69) is 10.1 Å². The SMILES string of the molecule is O=c1cc(CSc2nn(-c3ccccc3)c(=S)s2)c2ccccc2[nH]1. The number of para-hydroxylation sites is 2. The van der Waals surface area contributed by atoms with Crippen LogP contribution in [0.5, 0.6) is 0 Å². The van der Waals surface area contributed by atoms with Crippen LogP contribution in [0.15, 0.2) is 69.8 Å². The molecule has 0 radical (unpaired) electrons. The van der Waals surface area contributed by atoms with Crippen molar-refractivity contribution in [2.45, 2.75) is 10.1 Å². The molecule has 4 aromatic rings. The van der Waals surface area contributed by atoms with Gasteiger partial charge in [0.2, 0.25) is 5.56 Å². The highest BCUT2D eigenvalue weighted by Gasteiger charge is 2.09. The van der Waals surface area contributed by atoms with Crippen LogP contribution in [0, 0.1) is 3.95 Å². The smallest absolute Gasteiger partial charge is 0.248 e. The lowest BCUT2D eigenvalue weighted by Gasteiger charge is -2.04. The fraction of sp³-hybridized carbons (Fsp3) is 0.0556. The molecule has 0 aliphatic heterocycles. The van der Waals surface area contributed by atoms with Gasteiger partial charge in [-0.2, -0.15) is 0 Å². The van der Waals surface area contributed by atoms with E-state index >= 15 is 0 Å². The summed E-state index contributed by atoms with van der Waals surface area (Å²) in [4.78, 5) is 14.7. The molecule has 4 nitrogen and oxygen atoms in total. The summed E-state index contributed by atoms with van der Waals surface area (Å²) in [7, 11) is 0. The van der Waals surface area contributed by atoms with Crippen LogP contribution < -0.4 is 5.56 Å². The number of thioether (sulfide) groups is 1. The number of hydrogen-bond donors (Lipinski definition) is 1. The molecule has 0 amide bonds. The molecule has 0 aliphatic rings. The van der Waals surface area contributed by atoms with Gasteiger partial charge < -0.3 is 4.98 Å². The fourth-order valence-electron chi connectivity index (χ4n) is 2.59. The molecule has 0 unspecified atom stereocenters. The standard InChI is InChI=1S/C18H13N3OS3/c22-16-10-12(14-8-4-5-9-15(14)19-16)11-24-17-20-21(18(23)25-17)13-6-2-1-3-7-13/h1-10H,11H2,(H,19,22). The number of rotatable bonds is 4. The van der Waals surface area contributed by atoms with Crippen molar-refractivity contribution in [2.24, 2.45) is 0 Å². The van der Waals surface area contributed by atoms with Crippen LogP contribution in [0.4, 0.5) is 0 Å². The first-order chi connectivity index (χ1) is 12.2. The van der Waals surface area contributed by atoms with Gasteiger partial charge in [0.15, 0.2) is 8.29 Å². The zero-order valence-corrected chi connectivity index (χ0v) is 15.5. The molecule has 0 saturated heterocycles. The summed E-state index contributed by atoms with van der Waals surface area (Å²) in [6.07, 6.45) is 0. The topological polar surface area (TPSA) is 50.7 Å². The van der Waals surface area contributed by atoms with Crippen LogP contribution in [0.3, 0.4) is 0 Å². The highest BCUT2D eigenvalue weighted by atomic mass is 32.2. The van der Waals surface area contributed by atoms with E-state index in [-0.39, 0.29) is 5.56 Å². The number of nitrogens with one attached hydrogen (secondary N) is 1. The maximum Gasteiger partial charge on any atom is 0.248 e. The van der Waals surface area contributed by atoms with E-state index in [0.29, 0.717) is 9.71 Å². The fourth-order valence-corrected chi connectivity index (χ4v) is 4.94. The molecule has 25 heavy (non-hydrogen) atoms. The van der Waals surface area contributed by atoms with E-state index in [4.69, 9.17) is 12.2 Å². The first kappa shape index (κ1) is 16.3. The van der Waals surface area contributed by atoms with Gasteiger partial charge in [-0.05, 0) is 36.0 Å². The Morgan fingerprint density at radius 1 is 1.12 bits per heavy atom. The van der Waals surface area contributed by atoms with Crippen molar-refractivity contribution in [1.82, 2.24) is 14.8 Å². The van der Waals surface area contributed by atoms with Crippen LogP contribution in [0.25, 0.3) is 16.6 Å². The highest BCUT2D eigenvalue weighted by molar-refractivity contribution is 8.00. The van der Waals surface area contributed by atoms with Gasteiger partial charge in [-0.25, -0.2) is 4.68 Å². The Morgan fingerprint density at radius 2 is 1.88 bits per heavy atom. The maximum absolute atomic E-state index is 11.9. The van der Waals surface area contributed by atoms with E-state index in [9.17, 15) is 4.79 Å². The van der Waals surface area contributed by atoms with Crippen molar-refractivity contribution in [2.75, 3.05) is 0 Å². The number of benzene rings is 2. The molecule has 124 valence electrons. The molecular weight excluding hydrogens is 370 g/mol. The molecule has 7 heteroatoms. The predicted octanol–water partition coefficient (Wildman–Crippen LogP) is 4.80. The number of H-pyrrole nitrogens is 1. The summed E-state index contributed by atoms with van der Waals surface area (Å²) in [5.74, 6) is 0.668. The van der Waals surface area contributed by atoms with Crippen LogP contribution in [-0.2, 0) is 5.75 Å². The zero-order valence-electron chi connectivity index (χ0n) is 13.0. The molecule has 2 aromatic carbocycles. The molecule has 0 spiro atoms. The lowest BCUT2D eigenvalue weighted by Crippen LogP contribution is -2.05. The number of fused-ring (bicyclic) bond motifs is 1. The normalized spacial score (nSPS) is 11.0. The quantitative estimate of drug-likeness (QED) is 0.406. The van der Waals surface area contributed by atoms with Gasteiger partial charge in [0.05, 0.1) is 5.69 Å². The Kier molecular flexibility index (Phi) is 4.52. The van der Waals surface area contributed by atoms with Crippen molar-refractivity contribution in [3.63, 3.8) is 0 Å². The highest BCUT2D eigenvalue weighted by Crippen LogP contribution is 2.28. The Morgan fingerprint density at radius 3 is 2.72 bits per heavy atom. The second-order valence-corrected chi connectivity index (χ2v) is 8.22. The van der Waals surface area contributed by atoms with Gasteiger partial charge in [0, 0.05) is 22.7 Å². The summed E-state index contributed by atoms with van der Waals surface area (Å²) in [5, 5.41) is 5.66. The molecule has 0 aliphatic carbocycles. The van der Waals surface area contributed by atoms with Crippen molar-refractivity contribution < 1.29 is 0 Å². The summed E-state index contributed by atoms with van der Waals surface area (Å²) in [5.41, 5.74) is 2.72. The van der Waals surface area contributed by atoms with Crippen LogP contribution in [0.2, 0.25) is 0 Å². The van der Waals surface area contributed by atoms with E-state index in [0.717, 1.165) is 26.5 Å². The van der Waals surface area contributed by atoms with E-state index in [1.807, 2.05) is 54.6 Å². The third kappa shape index (κ3) is 3.44. The third-order valence-corrected chi connectivity index (χ3v) is 6.13. The number of nitrogens with zero attached hydrogens (tertiary/aromatic N) is 2. The lowest BCUT2D eigenvalue weighted by atomic mass is 10.1. The minimum absolute atomic E-state index is 0.0863. The average molecular weight is 384 g/mol. The summed E-state index contributed by atoms with van der Waals surface area (Å²) in [6, 6.07) is 19.3. The first-order valence-corrected chi connectivity index (χ1v) is 9.81. The maximum atomic E-state index is 11.9. The van der Waals surface area contributed by atoms with Gasteiger partial charge in [-0.1, -0.05) is 59.5 Å². The average Bonchev–Trinajstić information content (AvgIpc) is 3.01. The van der Waals surface area contributed by atoms with Crippen molar-refractivity contribution in [3.05, 3.63) is 80.5 Å². The molecular formula is C18H13N3OS3. The van der Waals surface area contributed by atoms with E-state index in [1.54, 1.807) is 22.5 Å². The zero-order chi connectivity index (χ0) is 17.2. The van der Waals surface area contributed by atoms with Crippen molar-refractivity contribution in [3.8, 4) is 5.69 Å². The summed E-state index contributed by atoms with van der Waals surface area (Å²) < 4.78 is 3.38. The van der Waals surface area contributed by atoms with E-state index in [1.165, 1.54) is 11.3 Å². The third-order valence-electron chi connectivity index (χ3n) is 3.72. The van der Waals surface area contributed by atoms with Gasteiger partial charge >= 0.3 is 0 Å². The minimum atomic E-state index is -0.0863. The van der Waals surface area contributed by atoms with Crippen molar-refractivity contribution in [1.29, 1.82) is 0 Å². The predicted molar refractivity (Wildman–Crippen MR) is 106 cm³/mol. The summed E-state index contributed by atoms with van der Waals surface area (Å²) >= 11 is 8.51. The number of aromatic nitrogens is 3. The number of pyridine rings is 1. The van der Waals surface area contributed by atoms with Gasteiger partial charge in [0.25, 0.3) is 0 Å². The van der Waals surface area contributed by atoms with E-state index < -0.39 is 0 Å². The Balaban J connectivity index is 1.63. The van der Waals surface area contributed by atoms with Gasteiger partial charge in [-0.15, -0.1) is 5.10 Å². The van der Waals surface area contributed by atoms with Gasteiger partial charge in [-0.3, -0.25) is 4.79 Å². The number of aromatic amines is 1. The Bertz CT molecular complexity index is 1150.